The number of benzene rings is 2. The third-order valence-electron chi connectivity index (χ3n) is 6.35. The number of imidazole rings is 1. The lowest BCUT2D eigenvalue weighted by atomic mass is 9.82. The molecule has 0 fully saturated rings. The van der Waals surface area contributed by atoms with Crippen molar-refractivity contribution in [2.45, 2.75) is 52.0 Å². The van der Waals surface area contributed by atoms with Gasteiger partial charge in [-0.15, -0.1) is 11.3 Å². The molecule has 0 bridgehead atoms. The predicted molar refractivity (Wildman–Crippen MR) is 127 cm³/mol. The topological polar surface area (TPSA) is 30.7 Å². The van der Waals surface area contributed by atoms with E-state index in [9.17, 15) is 0 Å². The smallest absolute Gasteiger partial charge is 0.143 e. The molecule has 5 aromatic rings. The number of hydrogen-bond acceptors (Lipinski definition) is 3. The summed E-state index contributed by atoms with van der Waals surface area (Å²) in [5.74, 6) is 1.25. The molecular formula is C26H25N3S. The van der Waals surface area contributed by atoms with E-state index in [4.69, 9.17) is 9.97 Å². The highest BCUT2D eigenvalue weighted by Crippen LogP contribution is 2.42. The molecule has 0 atom stereocenters. The van der Waals surface area contributed by atoms with Crippen molar-refractivity contribution in [2.75, 3.05) is 0 Å². The monoisotopic (exact) mass is 411 g/mol. The van der Waals surface area contributed by atoms with Crippen LogP contribution in [0.5, 0.6) is 0 Å². The van der Waals surface area contributed by atoms with Crippen LogP contribution in [0.3, 0.4) is 0 Å². The van der Waals surface area contributed by atoms with Gasteiger partial charge in [-0.05, 0) is 52.8 Å². The zero-order valence-corrected chi connectivity index (χ0v) is 18.5. The molecular weight excluding hydrogens is 386 g/mol. The average molecular weight is 412 g/mol. The fourth-order valence-electron chi connectivity index (χ4n) is 4.90. The van der Waals surface area contributed by atoms with Gasteiger partial charge in [0.25, 0.3) is 0 Å². The van der Waals surface area contributed by atoms with Crippen molar-refractivity contribution in [2.24, 2.45) is 0 Å². The lowest BCUT2D eigenvalue weighted by Gasteiger charge is -2.22. The summed E-state index contributed by atoms with van der Waals surface area (Å²) in [6.45, 7) is 7.95. The SMILES string of the molecule is CC(C)(C)c1cc(-c2nccc3c2sc2nc4n(c23)CCCC4)cc2ccccc12. The lowest BCUT2D eigenvalue weighted by Crippen LogP contribution is -2.12. The Bertz CT molecular complexity index is 1430. The van der Waals surface area contributed by atoms with Gasteiger partial charge in [-0.1, -0.05) is 45.0 Å². The van der Waals surface area contributed by atoms with Crippen LogP contribution in [0.1, 0.15) is 45.0 Å². The number of nitrogens with zero attached hydrogens (tertiary/aromatic N) is 3. The summed E-state index contributed by atoms with van der Waals surface area (Å²) in [6, 6.07) is 15.5. The zero-order chi connectivity index (χ0) is 20.5. The molecule has 6 rings (SSSR count). The number of aryl methyl sites for hydroxylation is 2. The second-order valence-corrected chi connectivity index (χ2v) is 10.4. The third kappa shape index (κ3) is 2.63. The van der Waals surface area contributed by atoms with E-state index in [-0.39, 0.29) is 5.41 Å². The van der Waals surface area contributed by atoms with Crippen molar-refractivity contribution >= 4 is 42.5 Å². The van der Waals surface area contributed by atoms with Gasteiger partial charge in [-0.2, -0.15) is 0 Å². The number of pyridine rings is 1. The molecule has 0 saturated heterocycles. The molecule has 0 N–H and O–H groups in total. The van der Waals surface area contributed by atoms with Gasteiger partial charge < -0.3 is 4.57 Å². The Labute approximate surface area is 180 Å². The van der Waals surface area contributed by atoms with Gasteiger partial charge in [0.2, 0.25) is 0 Å². The summed E-state index contributed by atoms with van der Waals surface area (Å²) in [7, 11) is 0. The van der Waals surface area contributed by atoms with Crippen LogP contribution in [0.4, 0.5) is 0 Å². The molecule has 150 valence electrons. The Morgan fingerprint density at radius 3 is 2.73 bits per heavy atom. The molecule has 1 aliphatic heterocycles. The lowest BCUT2D eigenvalue weighted by molar-refractivity contribution is 0.533. The van der Waals surface area contributed by atoms with Crippen LogP contribution in [-0.4, -0.2) is 14.5 Å². The molecule has 1 aliphatic rings. The minimum absolute atomic E-state index is 0.0632. The Hall–Kier alpha value is -2.72. The van der Waals surface area contributed by atoms with Gasteiger partial charge in [0.05, 0.1) is 15.9 Å². The van der Waals surface area contributed by atoms with Crippen LogP contribution >= 0.6 is 11.3 Å². The second kappa shape index (κ2) is 6.39. The zero-order valence-electron chi connectivity index (χ0n) is 17.7. The maximum atomic E-state index is 4.99. The first kappa shape index (κ1) is 18.1. The van der Waals surface area contributed by atoms with Gasteiger partial charge in [0, 0.05) is 30.1 Å². The number of thiophene rings is 1. The quantitative estimate of drug-likeness (QED) is 0.294. The summed E-state index contributed by atoms with van der Waals surface area (Å²) in [6.07, 6.45) is 5.56. The molecule has 30 heavy (non-hydrogen) atoms. The molecule has 4 heteroatoms. The summed E-state index contributed by atoms with van der Waals surface area (Å²) in [5, 5.41) is 3.91. The largest absolute Gasteiger partial charge is 0.327 e. The highest BCUT2D eigenvalue weighted by Gasteiger charge is 2.23. The molecule has 3 aromatic heterocycles. The maximum Gasteiger partial charge on any atom is 0.143 e. The van der Waals surface area contributed by atoms with E-state index in [1.54, 1.807) is 11.3 Å². The normalized spacial score (nSPS) is 14.6. The molecule has 4 heterocycles. The highest BCUT2D eigenvalue weighted by atomic mass is 32.1. The standard InChI is InChI=1S/C26H25N3S/c1-26(2,3)20-15-17(14-16-8-4-5-9-18(16)20)22-24-19(11-12-27-22)23-25(30-24)28-21-10-6-7-13-29(21)23/h4-5,8-9,11-12,14-15H,6-7,10,13H2,1-3H3. The molecule has 3 nitrogen and oxygen atoms in total. The van der Waals surface area contributed by atoms with E-state index >= 15 is 0 Å². The fourth-order valence-corrected chi connectivity index (χ4v) is 6.10. The van der Waals surface area contributed by atoms with Crippen LogP contribution < -0.4 is 0 Å². The molecule has 0 amide bonds. The van der Waals surface area contributed by atoms with E-state index < -0.39 is 0 Å². The third-order valence-corrected chi connectivity index (χ3v) is 7.44. The van der Waals surface area contributed by atoms with Crippen molar-refractivity contribution < 1.29 is 0 Å². The van der Waals surface area contributed by atoms with E-state index in [0.29, 0.717) is 0 Å². The number of fused-ring (bicyclic) bond motifs is 6. The Morgan fingerprint density at radius 1 is 1.00 bits per heavy atom. The molecule has 0 spiro atoms. The molecule has 0 saturated carbocycles. The van der Waals surface area contributed by atoms with Gasteiger partial charge in [-0.3, -0.25) is 4.98 Å². The van der Waals surface area contributed by atoms with E-state index in [1.807, 2.05) is 6.20 Å². The van der Waals surface area contributed by atoms with Crippen molar-refractivity contribution in [3.8, 4) is 11.3 Å². The van der Waals surface area contributed by atoms with Crippen molar-refractivity contribution in [3.05, 3.63) is 60.0 Å². The first-order valence-electron chi connectivity index (χ1n) is 10.8. The Balaban J connectivity index is 1.65. The first-order valence-corrected chi connectivity index (χ1v) is 11.6. The van der Waals surface area contributed by atoms with Crippen LogP contribution in [0.15, 0.2) is 48.7 Å². The van der Waals surface area contributed by atoms with E-state index in [1.165, 1.54) is 56.2 Å². The molecule has 0 aliphatic carbocycles. The molecule has 0 radical (unpaired) electrons. The summed E-state index contributed by atoms with van der Waals surface area (Å²) in [5.41, 5.74) is 5.03. The molecule has 2 aromatic carbocycles. The van der Waals surface area contributed by atoms with Crippen molar-refractivity contribution in [1.29, 1.82) is 0 Å². The summed E-state index contributed by atoms with van der Waals surface area (Å²) < 4.78 is 3.70. The van der Waals surface area contributed by atoms with Crippen LogP contribution in [-0.2, 0) is 18.4 Å². The molecule has 0 unspecified atom stereocenters. The van der Waals surface area contributed by atoms with Gasteiger partial charge in [-0.25, -0.2) is 4.98 Å². The number of aromatic nitrogens is 3. The van der Waals surface area contributed by atoms with Crippen LogP contribution in [0, 0.1) is 0 Å². The Kier molecular flexibility index (Phi) is 3.85. The van der Waals surface area contributed by atoms with Gasteiger partial charge in [0.15, 0.2) is 0 Å². The number of hydrogen-bond donors (Lipinski definition) is 0. The van der Waals surface area contributed by atoms with Crippen molar-refractivity contribution in [1.82, 2.24) is 14.5 Å². The van der Waals surface area contributed by atoms with E-state index in [2.05, 4.69) is 67.8 Å². The minimum Gasteiger partial charge on any atom is -0.327 e. The maximum absolute atomic E-state index is 4.99. The average Bonchev–Trinajstić information content (AvgIpc) is 3.28. The number of rotatable bonds is 1. The van der Waals surface area contributed by atoms with E-state index in [0.717, 1.165) is 23.5 Å². The van der Waals surface area contributed by atoms with Crippen LogP contribution in [0.25, 0.3) is 42.5 Å². The summed E-state index contributed by atoms with van der Waals surface area (Å²) >= 11 is 1.80. The van der Waals surface area contributed by atoms with Gasteiger partial charge >= 0.3 is 0 Å². The van der Waals surface area contributed by atoms with Crippen molar-refractivity contribution in [3.63, 3.8) is 0 Å². The minimum atomic E-state index is 0.0632. The van der Waals surface area contributed by atoms with Gasteiger partial charge in [0.1, 0.15) is 10.7 Å². The summed E-state index contributed by atoms with van der Waals surface area (Å²) in [4.78, 5) is 11.0. The predicted octanol–water partition coefficient (Wildman–Crippen LogP) is 7.10. The Morgan fingerprint density at radius 2 is 1.87 bits per heavy atom. The highest BCUT2D eigenvalue weighted by molar-refractivity contribution is 7.25. The first-order chi connectivity index (χ1) is 14.5. The second-order valence-electron chi connectivity index (χ2n) is 9.42. The van der Waals surface area contributed by atoms with Crippen LogP contribution in [0.2, 0.25) is 0 Å². The fraction of sp³-hybridized carbons (Fsp3) is 0.308.